The second-order valence-corrected chi connectivity index (χ2v) is 5.85. The average Bonchev–Trinajstić information content (AvgIpc) is 3.20. The summed E-state index contributed by atoms with van der Waals surface area (Å²) in [7, 11) is 0. The van der Waals surface area contributed by atoms with Crippen LogP contribution >= 0.6 is 11.3 Å². The Morgan fingerprint density at radius 3 is 2.81 bits per heavy atom. The van der Waals surface area contributed by atoms with Crippen molar-refractivity contribution in [3.63, 3.8) is 0 Å². The van der Waals surface area contributed by atoms with Gasteiger partial charge >= 0.3 is 0 Å². The number of benzene rings is 1. The molecule has 0 aliphatic carbocycles. The van der Waals surface area contributed by atoms with E-state index in [2.05, 4.69) is 50.7 Å². The van der Waals surface area contributed by atoms with Crippen LogP contribution in [0.2, 0.25) is 0 Å². The Morgan fingerprint density at radius 1 is 1.00 bits per heavy atom. The first-order valence-corrected chi connectivity index (χ1v) is 7.66. The van der Waals surface area contributed by atoms with Gasteiger partial charge in [0.25, 0.3) is 0 Å². The minimum Gasteiger partial charge on any atom is -0.348 e. The number of hydrogen-bond acceptors (Lipinski definition) is 3. The van der Waals surface area contributed by atoms with E-state index in [-0.39, 0.29) is 5.92 Å². The highest BCUT2D eigenvalue weighted by molar-refractivity contribution is 7.17. The Balaban J connectivity index is 1.97. The first kappa shape index (κ1) is 12.3. The van der Waals surface area contributed by atoms with E-state index < -0.39 is 0 Å². The summed E-state index contributed by atoms with van der Waals surface area (Å²) in [6.45, 7) is 0. The molecule has 0 fully saturated rings. The molecule has 0 amide bonds. The minimum absolute atomic E-state index is 0.125. The van der Waals surface area contributed by atoms with Crippen LogP contribution in [0.5, 0.6) is 0 Å². The number of H-pyrrole nitrogens is 1. The molecule has 0 spiro atoms. The normalized spacial score (nSPS) is 12.6. The molecule has 3 heterocycles. The van der Waals surface area contributed by atoms with Crippen molar-refractivity contribution in [2.75, 3.05) is 0 Å². The molecule has 0 aliphatic rings. The highest BCUT2D eigenvalue weighted by atomic mass is 32.1. The van der Waals surface area contributed by atoms with E-state index in [1.165, 1.54) is 21.2 Å². The van der Waals surface area contributed by atoms with Gasteiger partial charge < -0.3 is 4.98 Å². The number of hydrogen-bond donors (Lipinski definition) is 1. The molecule has 0 saturated heterocycles. The Hall–Kier alpha value is -2.46. The molecule has 4 heteroatoms. The van der Waals surface area contributed by atoms with Crippen LogP contribution in [0.1, 0.15) is 22.7 Å². The van der Waals surface area contributed by atoms with E-state index in [9.17, 15) is 0 Å². The van der Waals surface area contributed by atoms with Gasteiger partial charge in [-0.25, -0.2) is 4.98 Å². The number of pyridine rings is 1. The third-order valence-electron chi connectivity index (χ3n) is 3.69. The summed E-state index contributed by atoms with van der Waals surface area (Å²) in [5.41, 5.74) is 3.54. The summed E-state index contributed by atoms with van der Waals surface area (Å²) >= 11 is 1.77. The van der Waals surface area contributed by atoms with Crippen molar-refractivity contribution in [1.82, 2.24) is 15.0 Å². The van der Waals surface area contributed by atoms with Crippen LogP contribution in [0, 0.1) is 0 Å². The quantitative estimate of drug-likeness (QED) is 0.614. The predicted octanol–water partition coefficient (Wildman–Crippen LogP) is 4.20. The lowest BCUT2D eigenvalue weighted by molar-refractivity contribution is 0.932. The van der Waals surface area contributed by atoms with Gasteiger partial charge in [0.1, 0.15) is 0 Å². The van der Waals surface area contributed by atoms with Crippen LogP contribution < -0.4 is 0 Å². The number of nitrogens with one attached hydrogen (secondary N) is 1. The zero-order valence-corrected chi connectivity index (χ0v) is 12.0. The van der Waals surface area contributed by atoms with Crippen molar-refractivity contribution in [3.8, 4) is 0 Å². The third kappa shape index (κ3) is 2.14. The fourth-order valence-corrected chi connectivity index (χ4v) is 3.59. The van der Waals surface area contributed by atoms with Crippen molar-refractivity contribution in [2.45, 2.75) is 5.92 Å². The number of aromatic amines is 1. The topological polar surface area (TPSA) is 41.6 Å². The van der Waals surface area contributed by atoms with Crippen LogP contribution in [-0.4, -0.2) is 15.0 Å². The van der Waals surface area contributed by atoms with Crippen LogP contribution in [0.25, 0.3) is 10.1 Å². The van der Waals surface area contributed by atoms with E-state index in [4.69, 9.17) is 0 Å². The molecule has 3 nitrogen and oxygen atoms in total. The van der Waals surface area contributed by atoms with Gasteiger partial charge in [-0.2, -0.15) is 0 Å². The summed E-state index contributed by atoms with van der Waals surface area (Å²) < 4.78 is 1.31. The van der Waals surface area contributed by atoms with Gasteiger partial charge in [0.15, 0.2) is 0 Å². The van der Waals surface area contributed by atoms with Crippen molar-refractivity contribution in [3.05, 3.63) is 83.5 Å². The van der Waals surface area contributed by atoms with Crippen molar-refractivity contribution < 1.29 is 0 Å². The Labute approximate surface area is 126 Å². The highest BCUT2D eigenvalue weighted by Crippen LogP contribution is 2.36. The Morgan fingerprint density at radius 2 is 2.00 bits per heavy atom. The van der Waals surface area contributed by atoms with Gasteiger partial charge in [-0.1, -0.05) is 18.2 Å². The molecule has 3 aromatic heterocycles. The molecule has 102 valence electrons. The molecule has 4 aromatic rings. The number of thiophene rings is 1. The van der Waals surface area contributed by atoms with Gasteiger partial charge in [0.2, 0.25) is 0 Å². The van der Waals surface area contributed by atoms with Gasteiger partial charge in [0, 0.05) is 29.0 Å². The van der Waals surface area contributed by atoms with E-state index >= 15 is 0 Å². The maximum atomic E-state index is 4.28. The summed E-state index contributed by atoms with van der Waals surface area (Å²) in [6.07, 6.45) is 7.35. The zero-order chi connectivity index (χ0) is 14.1. The molecule has 4 rings (SSSR count). The molecule has 21 heavy (non-hydrogen) atoms. The predicted molar refractivity (Wildman–Crippen MR) is 85.6 cm³/mol. The molecule has 0 aliphatic heterocycles. The van der Waals surface area contributed by atoms with E-state index in [0.717, 1.165) is 5.69 Å². The number of imidazole rings is 1. The Kier molecular flexibility index (Phi) is 3.01. The standard InChI is InChI=1S/C17H13N3S/c1-4-14(13-6-8-21-16(13)5-1)17(15-10-19-11-20-15)12-3-2-7-18-9-12/h1-11,17H,(H,19,20). The molecular weight excluding hydrogens is 278 g/mol. The number of aromatic nitrogens is 3. The first-order chi connectivity index (χ1) is 10.4. The van der Waals surface area contributed by atoms with Gasteiger partial charge in [-0.15, -0.1) is 11.3 Å². The van der Waals surface area contributed by atoms with Gasteiger partial charge in [-0.05, 0) is 40.1 Å². The SMILES string of the molecule is c1cncc(C(c2cnc[nH]2)c2cccc3sccc23)c1. The minimum atomic E-state index is 0.125. The molecule has 1 atom stereocenters. The lowest BCUT2D eigenvalue weighted by Gasteiger charge is -2.17. The summed E-state index contributed by atoms with van der Waals surface area (Å²) in [6, 6.07) is 12.8. The molecule has 0 radical (unpaired) electrons. The highest BCUT2D eigenvalue weighted by Gasteiger charge is 2.20. The van der Waals surface area contributed by atoms with E-state index in [0.29, 0.717) is 0 Å². The van der Waals surface area contributed by atoms with Crippen LogP contribution in [0.4, 0.5) is 0 Å². The van der Waals surface area contributed by atoms with Crippen molar-refractivity contribution in [1.29, 1.82) is 0 Å². The van der Waals surface area contributed by atoms with Crippen molar-refractivity contribution in [2.24, 2.45) is 0 Å². The maximum absolute atomic E-state index is 4.28. The van der Waals surface area contributed by atoms with Crippen LogP contribution in [0.15, 0.2) is 66.7 Å². The molecule has 0 saturated carbocycles. The van der Waals surface area contributed by atoms with Crippen LogP contribution in [-0.2, 0) is 0 Å². The average molecular weight is 291 g/mol. The second-order valence-electron chi connectivity index (χ2n) is 4.91. The fourth-order valence-electron chi connectivity index (χ4n) is 2.77. The van der Waals surface area contributed by atoms with Gasteiger partial charge in [-0.3, -0.25) is 4.98 Å². The first-order valence-electron chi connectivity index (χ1n) is 6.78. The molecule has 0 bridgehead atoms. The summed E-state index contributed by atoms with van der Waals surface area (Å²) in [5, 5.41) is 3.44. The molecule has 1 N–H and O–H groups in total. The Bertz CT molecular complexity index is 850. The molecule has 1 aromatic carbocycles. The lowest BCUT2D eigenvalue weighted by atomic mass is 9.88. The number of rotatable bonds is 3. The number of nitrogens with zero attached hydrogens (tertiary/aromatic N) is 2. The monoisotopic (exact) mass is 291 g/mol. The van der Waals surface area contributed by atoms with E-state index in [1.807, 2.05) is 18.5 Å². The largest absolute Gasteiger partial charge is 0.348 e. The molecular formula is C17H13N3S. The third-order valence-corrected chi connectivity index (χ3v) is 4.57. The molecule has 1 unspecified atom stereocenters. The summed E-state index contributed by atoms with van der Waals surface area (Å²) in [5.74, 6) is 0.125. The zero-order valence-electron chi connectivity index (χ0n) is 11.2. The van der Waals surface area contributed by atoms with Gasteiger partial charge in [0.05, 0.1) is 12.2 Å². The maximum Gasteiger partial charge on any atom is 0.0922 e. The summed E-state index contributed by atoms with van der Waals surface area (Å²) in [4.78, 5) is 11.7. The van der Waals surface area contributed by atoms with E-state index in [1.54, 1.807) is 23.9 Å². The van der Waals surface area contributed by atoms with Crippen LogP contribution in [0.3, 0.4) is 0 Å². The second kappa shape index (κ2) is 5.14. The smallest absolute Gasteiger partial charge is 0.0922 e. The number of fused-ring (bicyclic) bond motifs is 1. The fraction of sp³-hybridized carbons (Fsp3) is 0.0588. The lowest BCUT2D eigenvalue weighted by Crippen LogP contribution is -2.04. The van der Waals surface area contributed by atoms with Crippen molar-refractivity contribution >= 4 is 21.4 Å².